The van der Waals surface area contributed by atoms with Crippen LogP contribution in [-0.2, 0) is 6.18 Å². The summed E-state index contributed by atoms with van der Waals surface area (Å²) in [5.74, 6) is -0.929. The summed E-state index contributed by atoms with van der Waals surface area (Å²) in [6.07, 6.45) is -4.58. The molecule has 0 spiro atoms. The first-order valence-corrected chi connectivity index (χ1v) is 5.14. The Morgan fingerprint density at radius 1 is 1.28 bits per heavy atom. The molecule has 0 radical (unpaired) electrons. The predicted octanol–water partition coefficient (Wildman–Crippen LogP) is 3.37. The molecule has 2 N–H and O–H groups in total. The summed E-state index contributed by atoms with van der Waals surface area (Å²) >= 11 is 0. The Morgan fingerprint density at radius 2 is 1.89 bits per heavy atom. The minimum atomic E-state index is -4.58. The predicted molar refractivity (Wildman–Crippen MR) is 58.7 cm³/mol. The van der Waals surface area contributed by atoms with Crippen molar-refractivity contribution in [2.24, 2.45) is 0 Å². The summed E-state index contributed by atoms with van der Waals surface area (Å²) < 4.78 is 50.4. The fraction of sp³-hybridized carbons (Fsp3) is 0.364. The van der Waals surface area contributed by atoms with E-state index in [1.165, 1.54) is 0 Å². The topological polar surface area (TPSA) is 41.1 Å². The number of nitrogens with one attached hydrogen (secondary N) is 2. The lowest BCUT2D eigenvalue weighted by Crippen LogP contribution is -2.34. The van der Waals surface area contributed by atoms with E-state index in [0.29, 0.717) is 18.2 Å². The molecule has 0 aromatic heterocycles. The molecule has 0 saturated carbocycles. The quantitative estimate of drug-likeness (QED) is 0.790. The van der Waals surface area contributed by atoms with Crippen molar-refractivity contribution in [1.29, 1.82) is 0 Å². The van der Waals surface area contributed by atoms with Gasteiger partial charge in [-0.3, -0.25) is 0 Å². The lowest BCUT2D eigenvalue weighted by molar-refractivity contribution is -0.137. The van der Waals surface area contributed by atoms with Gasteiger partial charge in [-0.1, -0.05) is 0 Å². The van der Waals surface area contributed by atoms with Crippen LogP contribution in [-0.4, -0.2) is 12.1 Å². The molecule has 0 aliphatic heterocycles. The average molecular weight is 264 g/mol. The first-order chi connectivity index (χ1) is 8.20. The highest BCUT2D eigenvalue weighted by Crippen LogP contribution is 2.31. The second kappa shape index (κ2) is 5.24. The third kappa shape index (κ3) is 3.90. The fourth-order valence-corrected chi connectivity index (χ4v) is 1.22. The van der Waals surface area contributed by atoms with Gasteiger partial charge in [0.15, 0.2) is 0 Å². The summed E-state index contributed by atoms with van der Waals surface area (Å²) in [4.78, 5) is 11.3. The number of urea groups is 1. The number of anilines is 1. The van der Waals surface area contributed by atoms with E-state index < -0.39 is 29.3 Å². The lowest BCUT2D eigenvalue weighted by Gasteiger charge is -2.13. The molecule has 0 heterocycles. The van der Waals surface area contributed by atoms with Crippen LogP contribution in [0.25, 0.3) is 0 Å². The van der Waals surface area contributed by atoms with E-state index in [1.807, 2.05) is 5.32 Å². The van der Waals surface area contributed by atoms with Crippen molar-refractivity contribution >= 4 is 11.7 Å². The molecule has 0 atom stereocenters. The molecule has 0 unspecified atom stereocenters. The molecule has 0 aliphatic rings. The van der Waals surface area contributed by atoms with Crippen molar-refractivity contribution in [3.05, 3.63) is 29.6 Å². The maximum atomic E-state index is 13.2. The summed E-state index contributed by atoms with van der Waals surface area (Å²) in [5.41, 5.74) is -1.54. The van der Waals surface area contributed by atoms with Crippen LogP contribution >= 0.6 is 0 Å². The van der Waals surface area contributed by atoms with E-state index in [1.54, 1.807) is 13.8 Å². The van der Waals surface area contributed by atoms with Crippen LogP contribution in [0.4, 0.5) is 28.0 Å². The molecule has 2 amide bonds. The average Bonchev–Trinajstić information content (AvgIpc) is 2.18. The van der Waals surface area contributed by atoms with E-state index in [4.69, 9.17) is 0 Å². The third-order valence-electron chi connectivity index (χ3n) is 1.96. The number of alkyl halides is 3. The molecule has 18 heavy (non-hydrogen) atoms. The van der Waals surface area contributed by atoms with Crippen LogP contribution in [0.3, 0.4) is 0 Å². The van der Waals surface area contributed by atoms with Gasteiger partial charge in [0.25, 0.3) is 0 Å². The Balaban J connectivity index is 2.92. The van der Waals surface area contributed by atoms with Crippen LogP contribution in [0.2, 0.25) is 0 Å². The van der Waals surface area contributed by atoms with Crippen molar-refractivity contribution in [1.82, 2.24) is 5.32 Å². The molecule has 7 heteroatoms. The van der Waals surface area contributed by atoms with Gasteiger partial charge in [0.05, 0.1) is 11.3 Å². The zero-order valence-corrected chi connectivity index (χ0v) is 9.73. The highest BCUT2D eigenvalue weighted by molar-refractivity contribution is 5.89. The highest BCUT2D eigenvalue weighted by Gasteiger charge is 2.31. The summed E-state index contributed by atoms with van der Waals surface area (Å²) in [6, 6.07) is 0.853. The van der Waals surface area contributed by atoms with Gasteiger partial charge in [-0.2, -0.15) is 13.2 Å². The number of hydrogen-bond donors (Lipinski definition) is 2. The van der Waals surface area contributed by atoms with Crippen LogP contribution in [0.1, 0.15) is 19.4 Å². The summed E-state index contributed by atoms with van der Waals surface area (Å²) in [7, 11) is 0. The van der Waals surface area contributed by atoms with Gasteiger partial charge in [0, 0.05) is 6.04 Å². The standard InChI is InChI=1S/C11H12F4N2O/c1-6(2)16-10(18)17-9-5-7(11(13,14)15)3-4-8(9)12/h3-6H,1-2H3,(H2,16,17,18). The van der Waals surface area contributed by atoms with Crippen molar-refractivity contribution in [2.45, 2.75) is 26.1 Å². The minimum absolute atomic E-state index is 0.209. The van der Waals surface area contributed by atoms with Gasteiger partial charge in [0.2, 0.25) is 0 Å². The van der Waals surface area contributed by atoms with Gasteiger partial charge < -0.3 is 10.6 Å². The minimum Gasteiger partial charge on any atom is -0.336 e. The zero-order valence-electron chi connectivity index (χ0n) is 9.73. The number of halogens is 4. The van der Waals surface area contributed by atoms with Gasteiger partial charge in [-0.25, -0.2) is 9.18 Å². The van der Waals surface area contributed by atoms with E-state index in [9.17, 15) is 22.4 Å². The van der Waals surface area contributed by atoms with Gasteiger partial charge in [0.1, 0.15) is 5.82 Å². The molecular weight excluding hydrogens is 252 g/mol. The Kier molecular flexibility index (Phi) is 4.15. The maximum absolute atomic E-state index is 13.2. The molecule has 3 nitrogen and oxygen atoms in total. The Bertz CT molecular complexity index is 443. The first kappa shape index (κ1) is 14.3. The molecule has 0 bridgehead atoms. The van der Waals surface area contributed by atoms with Gasteiger partial charge >= 0.3 is 12.2 Å². The number of hydrogen-bond acceptors (Lipinski definition) is 1. The number of benzene rings is 1. The van der Waals surface area contributed by atoms with Crippen molar-refractivity contribution < 1.29 is 22.4 Å². The summed E-state index contributed by atoms with van der Waals surface area (Å²) in [6.45, 7) is 3.34. The van der Waals surface area contributed by atoms with Crippen molar-refractivity contribution in [3.63, 3.8) is 0 Å². The number of carbonyl (C=O) groups excluding carboxylic acids is 1. The Labute approximate surface area is 101 Å². The molecule has 0 fully saturated rings. The molecule has 0 aliphatic carbocycles. The van der Waals surface area contributed by atoms with Crippen molar-refractivity contribution in [3.8, 4) is 0 Å². The van der Waals surface area contributed by atoms with Crippen molar-refractivity contribution in [2.75, 3.05) is 5.32 Å². The lowest BCUT2D eigenvalue weighted by atomic mass is 10.2. The zero-order chi connectivity index (χ0) is 13.9. The van der Waals surface area contributed by atoms with Crippen LogP contribution in [0.15, 0.2) is 18.2 Å². The molecule has 1 rings (SSSR count). The second-order valence-electron chi connectivity index (χ2n) is 3.95. The Hall–Kier alpha value is -1.79. The monoisotopic (exact) mass is 264 g/mol. The molecule has 1 aromatic carbocycles. The van der Waals surface area contributed by atoms with E-state index in [-0.39, 0.29) is 6.04 Å². The van der Waals surface area contributed by atoms with Gasteiger partial charge in [-0.05, 0) is 32.0 Å². The molecule has 100 valence electrons. The summed E-state index contributed by atoms with van der Waals surface area (Å²) in [5, 5.41) is 4.41. The van der Waals surface area contributed by atoms with Crippen LogP contribution in [0.5, 0.6) is 0 Å². The molecule has 0 saturated heterocycles. The van der Waals surface area contributed by atoms with Gasteiger partial charge in [-0.15, -0.1) is 0 Å². The molecule has 1 aromatic rings. The van der Waals surface area contributed by atoms with E-state index in [0.717, 1.165) is 0 Å². The SMILES string of the molecule is CC(C)NC(=O)Nc1cc(C(F)(F)F)ccc1F. The molecular formula is C11H12F4N2O. The smallest absolute Gasteiger partial charge is 0.336 e. The Morgan fingerprint density at radius 3 is 2.39 bits per heavy atom. The second-order valence-corrected chi connectivity index (χ2v) is 3.95. The highest BCUT2D eigenvalue weighted by atomic mass is 19.4. The largest absolute Gasteiger partial charge is 0.416 e. The fourth-order valence-electron chi connectivity index (χ4n) is 1.22. The number of amides is 2. The number of carbonyl (C=O) groups is 1. The van der Waals surface area contributed by atoms with Crippen LogP contribution < -0.4 is 10.6 Å². The normalized spacial score (nSPS) is 11.5. The number of rotatable bonds is 2. The maximum Gasteiger partial charge on any atom is 0.416 e. The first-order valence-electron chi connectivity index (χ1n) is 5.14. The van der Waals surface area contributed by atoms with Crippen LogP contribution in [0, 0.1) is 5.82 Å². The van der Waals surface area contributed by atoms with E-state index in [2.05, 4.69) is 5.32 Å². The van der Waals surface area contributed by atoms with E-state index >= 15 is 0 Å². The third-order valence-corrected chi connectivity index (χ3v) is 1.96.